The molecule has 6 nitrogen and oxygen atoms in total. The van der Waals surface area contributed by atoms with Crippen molar-refractivity contribution in [1.82, 2.24) is 10.9 Å². The van der Waals surface area contributed by atoms with E-state index < -0.39 is 11.8 Å². The molecule has 2 aromatic rings. The van der Waals surface area contributed by atoms with Gasteiger partial charge in [-0.3, -0.25) is 20.4 Å². The highest BCUT2D eigenvalue weighted by Gasteiger charge is 2.14. The summed E-state index contributed by atoms with van der Waals surface area (Å²) in [7, 11) is 1.50. The second-order valence-electron chi connectivity index (χ2n) is 3.73. The van der Waals surface area contributed by atoms with Crippen molar-refractivity contribution in [2.75, 3.05) is 7.11 Å². The van der Waals surface area contributed by atoms with Crippen molar-refractivity contribution in [2.24, 2.45) is 0 Å². The first-order valence-corrected chi connectivity index (χ1v) is 6.39. The van der Waals surface area contributed by atoms with E-state index in [4.69, 9.17) is 9.15 Å². The molecule has 0 unspecified atom stereocenters. The molecule has 104 valence electrons. The van der Waals surface area contributed by atoms with Crippen molar-refractivity contribution in [3.05, 3.63) is 52.4 Å². The highest BCUT2D eigenvalue weighted by atomic mass is 79.9. The lowest BCUT2D eigenvalue weighted by Gasteiger charge is -2.09. The summed E-state index contributed by atoms with van der Waals surface area (Å²) in [5.74, 6) is -0.372. The molecule has 0 aliphatic rings. The van der Waals surface area contributed by atoms with E-state index in [1.807, 2.05) is 0 Å². The van der Waals surface area contributed by atoms with Crippen molar-refractivity contribution < 1.29 is 18.7 Å². The molecular formula is C13H11BrN2O4. The number of benzene rings is 1. The Kier molecular flexibility index (Phi) is 4.41. The molecule has 2 amide bonds. The quantitative estimate of drug-likeness (QED) is 0.840. The Morgan fingerprint density at radius 3 is 2.60 bits per heavy atom. The Bertz CT molecular complexity index is 625. The molecule has 0 bridgehead atoms. The fourth-order valence-corrected chi connectivity index (χ4v) is 1.88. The molecule has 20 heavy (non-hydrogen) atoms. The summed E-state index contributed by atoms with van der Waals surface area (Å²) in [6.07, 6.45) is 1.37. The lowest BCUT2D eigenvalue weighted by molar-refractivity contribution is 0.0830. The van der Waals surface area contributed by atoms with Crippen molar-refractivity contribution in [3.8, 4) is 5.75 Å². The standard InChI is InChI=1S/C13H11BrN2O4/c1-19-8-4-5-10(14)9(7-8)12(17)15-16-13(18)11-3-2-6-20-11/h2-7H,1H3,(H,15,17)(H,16,18). The molecule has 0 aliphatic heterocycles. The van der Waals surface area contributed by atoms with Crippen LogP contribution in [0.3, 0.4) is 0 Å². The van der Waals surface area contributed by atoms with E-state index in [-0.39, 0.29) is 5.76 Å². The Morgan fingerprint density at radius 1 is 1.20 bits per heavy atom. The number of hydrogen-bond donors (Lipinski definition) is 2. The number of furan rings is 1. The lowest BCUT2D eigenvalue weighted by atomic mass is 10.2. The SMILES string of the molecule is COc1ccc(Br)c(C(=O)NNC(=O)c2ccco2)c1. The van der Waals surface area contributed by atoms with Gasteiger partial charge in [0.2, 0.25) is 0 Å². The van der Waals surface area contributed by atoms with Gasteiger partial charge in [-0.1, -0.05) is 0 Å². The van der Waals surface area contributed by atoms with Crippen LogP contribution < -0.4 is 15.6 Å². The van der Waals surface area contributed by atoms with Gasteiger partial charge in [0.05, 0.1) is 18.9 Å². The highest BCUT2D eigenvalue weighted by Crippen LogP contribution is 2.22. The van der Waals surface area contributed by atoms with Crippen molar-refractivity contribution in [2.45, 2.75) is 0 Å². The Morgan fingerprint density at radius 2 is 1.95 bits per heavy atom. The molecule has 1 aromatic heterocycles. The van der Waals surface area contributed by atoms with E-state index >= 15 is 0 Å². The molecule has 2 rings (SSSR count). The highest BCUT2D eigenvalue weighted by molar-refractivity contribution is 9.10. The van der Waals surface area contributed by atoms with Gasteiger partial charge in [0.15, 0.2) is 5.76 Å². The predicted molar refractivity (Wildman–Crippen MR) is 74.3 cm³/mol. The Hall–Kier alpha value is -2.28. The van der Waals surface area contributed by atoms with Gasteiger partial charge in [0, 0.05) is 4.47 Å². The summed E-state index contributed by atoms with van der Waals surface area (Å²) in [6, 6.07) is 8.02. The molecule has 0 radical (unpaired) electrons. The van der Waals surface area contributed by atoms with Crippen LogP contribution >= 0.6 is 15.9 Å². The van der Waals surface area contributed by atoms with Crippen LogP contribution in [0, 0.1) is 0 Å². The smallest absolute Gasteiger partial charge is 0.305 e. The van der Waals surface area contributed by atoms with E-state index in [1.54, 1.807) is 24.3 Å². The summed E-state index contributed by atoms with van der Waals surface area (Å²) < 4.78 is 10.5. The molecule has 0 fully saturated rings. The van der Waals surface area contributed by atoms with E-state index in [9.17, 15) is 9.59 Å². The molecule has 1 heterocycles. The lowest BCUT2D eigenvalue weighted by Crippen LogP contribution is -2.41. The van der Waals surface area contributed by atoms with Gasteiger partial charge in [0.1, 0.15) is 5.75 Å². The average molecular weight is 339 g/mol. The number of halogens is 1. The third-order valence-electron chi connectivity index (χ3n) is 2.45. The molecule has 0 saturated heterocycles. The van der Waals surface area contributed by atoms with Gasteiger partial charge in [-0.15, -0.1) is 0 Å². The van der Waals surface area contributed by atoms with Crippen molar-refractivity contribution in [3.63, 3.8) is 0 Å². The van der Waals surface area contributed by atoms with E-state index in [0.717, 1.165) is 0 Å². The van der Waals surface area contributed by atoms with Gasteiger partial charge < -0.3 is 9.15 Å². The monoisotopic (exact) mass is 338 g/mol. The number of ether oxygens (including phenoxy) is 1. The fraction of sp³-hybridized carbons (Fsp3) is 0.0769. The molecule has 7 heteroatoms. The minimum Gasteiger partial charge on any atom is -0.497 e. The van der Waals surface area contributed by atoms with Crippen LogP contribution in [0.5, 0.6) is 5.75 Å². The first-order chi connectivity index (χ1) is 9.61. The van der Waals surface area contributed by atoms with Gasteiger partial charge in [-0.25, -0.2) is 0 Å². The molecule has 2 N–H and O–H groups in total. The van der Waals surface area contributed by atoms with E-state index in [1.165, 1.54) is 19.4 Å². The number of rotatable bonds is 3. The maximum Gasteiger partial charge on any atom is 0.305 e. The summed E-state index contributed by atoms with van der Waals surface area (Å²) in [4.78, 5) is 23.6. The van der Waals surface area contributed by atoms with Crippen LogP contribution in [-0.2, 0) is 0 Å². The zero-order chi connectivity index (χ0) is 14.5. The normalized spacial score (nSPS) is 9.90. The Labute approximate surface area is 123 Å². The average Bonchev–Trinajstić information content (AvgIpc) is 2.99. The number of amides is 2. The second-order valence-corrected chi connectivity index (χ2v) is 4.59. The first kappa shape index (κ1) is 14.1. The van der Waals surface area contributed by atoms with E-state index in [0.29, 0.717) is 15.8 Å². The van der Waals surface area contributed by atoms with Gasteiger partial charge in [-0.05, 0) is 46.3 Å². The number of nitrogens with one attached hydrogen (secondary N) is 2. The third-order valence-corrected chi connectivity index (χ3v) is 3.14. The summed E-state index contributed by atoms with van der Waals surface area (Å²) in [5.41, 5.74) is 4.89. The fourth-order valence-electron chi connectivity index (χ4n) is 1.46. The van der Waals surface area contributed by atoms with Gasteiger partial charge >= 0.3 is 5.91 Å². The number of methoxy groups -OCH3 is 1. The van der Waals surface area contributed by atoms with E-state index in [2.05, 4.69) is 26.8 Å². The molecular weight excluding hydrogens is 328 g/mol. The number of hydrazine groups is 1. The zero-order valence-electron chi connectivity index (χ0n) is 10.5. The maximum atomic E-state index is 12.0. The van der Waals surface area contributed by atoms with Crippen molar-refractivity contribution in [1.29, 1.82) is 0 Å². The molecule has 0 atom stereocenters. The summed E-state index contributed by atoms with van der Waals surface area (Å²) in [5, 5.41) is 0. The van der Waals surface area contributed by atoms with Crippen LogP contribution in [0.1, 0.15) is 20.9 Å². The third kappa shape index (κ3) is 3.18. The van der Waals surface area contributed by atoms with Crippen LogP contribution in [0.15, 0.2) is 45.5 Å². The number of carbonyl (C=O) groups excluding carboxylic acids is 2. The minimum atomic E-state index is -0.539. The number of carbonyl (C=O) groups is 2. The maximum absolute atomic E-state index is 12.0. The largest absolute Gasteiger partial charge is 0.497 e. The Balaban J connectivity index is 2.03. The predicted octanol–water partition coefficient (Wildman–Crippen LogP) is 2.13. The minimum absolute atomic E-state index is 0.106. The summed E-state index contributed by atoms with van der Waals surface area (Å²) in [6.45, 7) is 0. The molecule has 1 aromatic carbocycles. The van der Waals surface area contributed by atoms with Crippen LogP contribution in [0.2, 0.25) is 0 Å². The van der Waals surface area contributed by atoms with Crippen molar-refractivity contribution >= 4 is 27.7 Å². The summed E-state index contributed by atoms with van der Waals surface area (Å²) >= 11 is 3.26. The second kappa shape index (κ2) is 6.25. The molecule has 0 saturated carbocycles. The number of hydrogen-bond acceptors (Lipinski definition) is 4. The van der Waals surface area contributed by atoms with Crippen LogP contribution in [0.25, 0.3) is 0 Å². The van der Waals surface area contributed by atoms with Crippen LogP contribution in [-0.4, -0.2) is 18.9 Å². The topological polar surface area (TPSA) is 80.6 Å². The first-order valence-electron chi connectivity index (χ1n) is 5.59. The zero-order valence-corrected chi connectivity index (χ0v) is 12.1. The molecule has 0 aliphatic carbocycles. The van der Waals surface area contributed by atoms with Crippen LogP contribution in [0.4, 0.5) is 0 Å². The van der Waals surface area contributed by atoms with Gasteiger partial charge in [0.25, 0.3) is 5.91 Å². The van der Waals surface area contributed by atoms with Gasteiger partial charge in [-0.2, -0.15) is 0 Å². The molecule has 0 spiro atoms.